The van der Waals surface area contributed by atoms with E-state index < -0.39 is 0 Å². The van der Waals surface area contributed by atoms with E-state index in [4.69, 9.17) is 0 Å². The maximum Gasteiger partial charge on any atom is 0.134 e. The first-order valence-electron chi connectivity index (χ1n) is 6.77. The summed E-state index contributed by atoms with van der Waals surface area (Å²) < 4.78 is 0. The van der Waals surface area contributed by atoms with Crippen LogP contribution in [-0.4, -0.2) is 59.6 Å². The van der Waals surface area contributed by atoms with E-state index in [1.54, 1.807) is 0 Å². The molecule has 0 amide bonds. The van der Waals surface area contributed by atoms with Crippen molar-refractivity contribution in [3.63, 3.8) is 0 Å². The van der Waals surface area contributed by atoms with Crippen LogP contribution in [0.2, 0.25) is 0 Å². The summed E-state index contributed by atoms with van der Waals surface area (Å²) in [5.41, 5.74) is 1.09. The molecule has 1 aliphatic heterocycles. The minimum absolute atomic E-state index is 0.798. The molecule has 1 fully saturated rings. The average Bonchev–Trinajstić information content (AvgIpc) is 2.43. The molecule has 1 saturated heterocycles. The van der Waals surface area contributed by atoms with Crippen molar-refractivity contribution in [1.29, 1.82) is 0 Å². The van der Waals surface area contributed by atoms with E-state index in [0.717, 1.165) is 36.1 Å². The third-order valence-corrected chi connectivity index (χ3v) is 4.26. The monoisotopic (exact) mass is 281 g/mol. The fourth-order valence-electron chi connectivity index (χ4n) is 2.20. The number of aromatic nitrogens is 2. The van der Waals surface area contributed by atoms with Crippen molar-refractivity contribution >= 4 is 23.4 Å². The number of nitrogens with zero attached hydrogens (tertiary/aromatic N) is 3. The van der Waals surface area contributed by atoms with Gasteiger partial charge >= 0.3 is 0 Å². The van der Waals surface area contributed by atoms with Gasteiger partial charge in [-0.05, 0) is 13.8 Å². The van der Waals surface area contributed by atoms with Gasteiger partial charge in [0.25, 0.3) is 0 Å². The van der Waals surface area contributed by atoms with Crippen LogP contribution in [0.3, 0.4) is 0 Å². The van der Waals surface area contributed by atoms with E-state index in [2.05, 4.69) is 25.5 Å². The Morgan fingerprint density at radius 3 is 2.53 bits per heavy atom. The highest BCUT2D eigenvalue weighted by Crippen LogP contribution is 2.19. The average molecular weight is 281 g/mol. The SMILES string of the molecule is CNc1nc(C)nc(NCCN2CCSCC2)c1C. The Hall–Kier alpha value is -1.01. The highest BCUT2D eigenvalue weighted by atomic mass is 32.2. The van der Waals surface area contributed by atoms with Crippen molar-refractivity contribution in [3.05, 3.63) is 11.4 Å². The van der Waals surface area contributed by atoms with Crippen molar-refractivity contribution in [1.82, 2.24) is 14.9 Å². The van der Waals surface area contributed by atoms with Crippen molar-refractivity contribution in [2.45, 2.75) is 13.8 Å². The summed E-state index contributed by atoms with van der Waals surface area (Å²) in [6.07, 6.45) is 0. The lowest BCUT2D eigenvalue weighted by Gasteiger charge is -2.26. The molecule has 2 rings (SSSR count). The Morgan fingerprint density at radius 1 is 1.16 bits per heavy atom. The van der Waals surface area contributed by atoms with Gasteiger partial charge in [0.2, 0.25) is 0 Å². The normalized spacial score (nSPS) is 16.4. The molecule has 1 aromatic rings. The second kappa shape index (κ2) is 6.96. The number of rotatable bonds is 5. The van der Waals surface area contributed by atoms with Crippen LogP contribution in [0.25, 0.3) is 0 Å². The minimum Gasteiger partial charge on any atom is -0.373 e. The van der Waals surface area contributed by atoms with Gasteiger partial charge in [-0.1, -0.05) is 0 Å². The third kappa shape index (κ3) is 3.98. The van der Waals surface area contributed by atoms with Gasteiger partial charge in [0.05, 0.1) is 0 Å². The second-order valence-corrected chi connectivity index (χ2v) is 5.95. The molecule has 0 saturated carbocycles. The summed E-state index contributed by atoms with van der Waals surface area (Å²) in [5.74, 6) is 5.17. The van der Waals surface area contributed by atoms with Crippen LogP contribution < -0.4 is 10.6 Å². The zero-order chi connectivity index (χ0) is 13.7. The zero-order valence-corrected chi connectivity index (χ0v) is 12.8. The molecule has 1 aliphatic rings. The summed E-state index contributed by atoms with van der Waals surface area (Å²) >= 11 is 2.05. The Bertz CT molecular complexity index is 418. The van der Waals surface area contributed by atoms with Crippen molar-refractivity contribution in [3.8, 4) is 0 Å². The molecule has 0 bridgehead atoms. The van der Waals surface area contributed by atoms with Gasteiger partial charge in [0.1, 0.15) is 17.5 Å². The van der Waals surface area contributed by atoms with Gasteiger partial charge in [0.15, 0.2) is 0 Å². The maximum absolute atomic E-state index is 4.48. The molecular weight excluding hydrogens is 258 g/mol. The summed E-state index contributed by atoms with van der Waals surface area (Å²) in [6, 6.07) is 0. The summed E-state index contributed by atoms with van der Waals surface area (Å²) in [4.78, 5) is 11.4. The first-order chi connectivity index (χ1) is 9.20. The van der Waals surface area contributed by atoms with Gasteiger partial charge in [0, 0.05) is 50.3 Å². The van der Waals surface area contributed by atoms with Crippen LogP contribution in [0.15, 0.2) is 0 Å². The smallest absolute Gasteiger partial charge is 0.134 e. The Balaban J connectivity index is 1.89. The third-order valence-electron chi connectivity index (χ3n) is 3.32. The van der Waals surface area contributed by atoms with E-state index in [-0.39, 0.29) is 0 Å². The molecule has 0 aromatic carbocycles. The van der Waals surface area contributed by atoms with E-state index in [0.29, 0.717) is 0 Å². The largest absolute Gasteiger partial charge is 0.373 e. The molecule has 2 N–H and O–H groups in total. The maximum atomic E-state index is 4.48. The van der Waals surface area contributed by atoms with Gasteiger partial charge in [-0.3, -0.25) is 4.90 Å². The molecule has 2 heterocycles. The molecule has 19 heavy (non-hydrogen) atoms. The van der Waals surface area contributed by atoms with E-state index in [9.17, 15) is 0 Å². The van der Waals surface area contributed by atoms with Crippen molar-refractivity contribution in [2.24, 2.45) is 0 Å². The van der Waals surface area contributed by atoms with Crippen molar-refractivity contribution in [2.75, 3.05) is 55.4 Å². The molecule has 5 nitrogen and oxygen atoms in total. The molecule has 0 radical (unpaired) electrons. The highest BCUT2D eigenvalue weighted by molar-refractivity contribution is 7.99. The molecule has 0 unspecified atom stereocenters. The minimum atomic E-state index is 0.798. The topological polar surface area (TPSA) is 53.1 Å². The van der Waals surface area contributed by atoms with Gasteiger partial charge in [-0.25, -0.2) is 9.97 Å². The lowest BCUT2D eigenvalue weighted by atomic mass is 10.3. The van der Waals surface area contributed by atoms with Crippen LogP contribution in [-0.2, 0) is 0 Å². The lowest BCUT2D eigenvalue weighted by Crippen LogP contribution is -2.36. The van der Waals surface area contributed by atoms with Crippen LogP contribution in [0, 0.1) is 13.8 Å². The number of hydrogen-bond donors (Lipinski definition) is 2. The lowest BCUT2D eigenvalue weighted by molar-refractivity contribution is 0.314. The molecule has 6 heteroatoms. The quantitative estimate of drug-likeness (QED) is 0.855. The van der Waals surface area contributed by atoms with Crippen LogP contribution >= 0.6 is 11.8 Å². The first-order valence-corrected chi connectivity index (χ1v) is 7.93. The molecular formula is C13H23N5S. The predicted molar refractivity (Wildman–Crippen MR) is 83.3 cm³/mol. The van der Waals surface area contributed by atoms with Crippen LogP contribution in [0.5, 0.6) is 0 Å². The fourth-order valence-corrected chi connectivity index (χ4v) is 3.18. The second-order valence-electron chi connectivity index (χ2n) is 4.72. The van der Waals surface area contributed by atoms with Crippen LogP contribution in [0.1, 0.15) is 11.4 Å². The van der Waals surface area contributed by atoms with E-state index >= 15 is 0 Å². The molecule has 0 aliphatic carbocycles. The Morgan fingerprint density at radius 2 is 1.84 bits per heavy atom. The van der Waals surface area contributed by atoms with Gasteiger partial charge in [-0.15, -0.1) is 0 Å². The number of anilines is 2. The van der Waals surface area contributed by atoms with Gasteiger partial charge in [-0.2, -0.15) is 11.8 Å². The Kier molecular flexibility index (Phi) is 5.27. The number of thioether (sulfide) groups is 1. The number of hydrogen-bond acceptors (Lipinski definition) is 6. The predicted octanol–water partition coefficient (Wildman–Crippen LogP) is 1.60. The van der Waals surface area contributed by atoms with Crippen LogP contribution in [0.4, 0.5) is 11.6 Å². The zero-order valence-electron chi connectivity index (χ0n) is 12.0. The standard InChI is InChI=1S/C13H23N5S/c1-10-12(14-3)16-11(2)17-13(10)15-4-5-18-6-8-19-9-7-18/h4-9H2,1-3H3,(H2,14,15,16,17). The van der Waals surface area contributed by atoms with E-state index in [1.165, 1.54) is 24.6 Å². The summed E-state index contributed by atoms with van der Waals surface area (Å²) in [5, 5.41) is 6.55. The number of nitrogens with one attached hydrogen (secondary N) is 2. The molecule has 0 atom stereocenters. The molecule has 106 valence electrons. The summed E-state index contributed by atoms with van der Waals surface area (Å²) in [6.45, 7) is 8.40. The Labute approximate surface area is 119 Å². The fraction of sp³-hybridized carbons (Fsp3) is 0.692. The highest BCUT2D eigenvalue weighted by Gasteiger charge is 2.11. The van der Waals surface area contributed by atoms with E-state index in [1.807, 2.05) is 32.7 Å². The molecule has 1 aromatic heterocycles. The van der Waals surface area contributed by atoms with Crippen molar-refractivity contribution < 1.29 is 0 Å². The summed E-state index contributed by atoms with van der Waals surface area (Å²) in [7, 11) is 1.89. The van der Waals surface area contributed by atoms with Gasteiger partial charge < -0.3 is 10.6 Å². The molecule has 0 spiro atoms. The first kappa shape index (κ1) is 14.4. The number of aryl methyl sites for hydroxylation is 1.